The number of fused-ring (bicyclic) bond motifs is 4. The van der Waals surface area contributed by atoms with Crippen molar-refractivity contribution < 1.29 is 43.9 Å². The molecular formula is C39H34ClF7N6O3S. The molecule has 3 aromatic heterocycles. The van der Waals surface area contributed by atoms with E-state index in [1.165, 1.54) is 10.7 Å². The first kappa shape index (κ1) is 40.4. The predicted molar refractivity (Wildman–Crippen MR) is 197 cm³/mol. The largest absolute Gasteiger partial charge is 0.435 e. The van der Waals surface area contributed by atoms with Crippen molar-refractivity contribution in [1.82, 2.24) is 24.5 Å². The van der Waals surface area contributed by atoms with E-state index < -0.39 is 98.3 Å². The third-order valence-electron chi connectivity index (χ3n) is 9.93. The van der Waals surface area contributed by atoms with Gasteiger partial charge >= 0.3 is 6.18 Å². The first-order chi connectivity index (χ1) is 26.4. The summed E-state index contributed by atoms with van der Waals surface area (Å²) in [4.78, 5) is 18.8. The maximum atomic E-state index is 15.4. The van der Waals surface area contributed by atoms with Gasteiger partial charge in [0.1, 0.15) is 29.6 Å². The Labute approximate surface area is 327 Å². The van der Waals surface area contributed by atoms with Crippen LogP contribution in [0.4, 0.5) is 30.7 Å². The number of nitrogens with two attached hydrogens (primary N) is 1. The number of nitrogens with zero attached hydrogens (tertiary/aromatic N) is 5. The van der Waals surface area contributed by atoms with Crippen LogP contribution in [0.5, 0.6) is 0 Å². The molecule has 2 aromatic carbocycles. The van der Waals surface area contributed by atoms with Crippen molar-refractivity contribution in [3.63, 3.8) is 0 Å². The van der Waals surface area contributed by atoms with Crippen LogP contribution in [-0.4, -0.2) is 50.5 Å². The monoisotopic (exact) mass is 834 g/mol. The molecule has 3 heterocycles. The summed E-state index contributed by atoms with van der Waals surface area (Å²) in [7, 11) is -2.01. The summed E-state index contributed by atoms with van der Waals surface area (Å²) in [5.41, 5.74) is 3.78. The number of pyridine rings is 1. The number of aryl methyl sites for hydroxylation is 1. The number of aromatic nitrogens is 5. The van der Waals surface area contributed by atoms with Crippen molar-refractivity contribution in [2.45, 2.75) is 74.9 Å². The summed E-state index contributed by atoms with van der Waals surface area (Å²) in [6.07, 6.45) is -4.96. The minimum absolute atomic E-state index is 0.0841. The molecule has 3 atom stereocenters. The Hall–Kier alpha value is -4.79. The normalized spacial score (nSPS) is 17.9. The quantitative estimate of drug-likeness (QED) is 0.113. The first-order valence-corrected chi connectivity index (χ1v) is 20.0. The van der Waals surface area contributed by atoms with Gasteiger partial charge in [0, 0.05) is 59.7 Å². The minimum Gasteiger partial charge on any atom is -0.316 e. The molecule has 9 nitrogen and oxygen atoms in total. The SMILES string of the molecule is Cn1nc(CS(C)(=O)=O)c2c(Cl)ccc(-c3ccc(C#CC(C)(C)N)nc3[C@@H](CC(=O)Cn3nc(C(F)(F)F)c4c3C(F)(F)[C@@H]3C[C@H]43)Cc3cc(F)cc(F)c3)c21. The summed E-state index contributed by atoms with van der Waals surface area (Å²) >= 11 is 6.62. The molecule has 2 aliphatic carbocycles. The van der Waals surface area contributed by atoms with Gasteiger partial charge in [0.25, 0.3) is 5.92 Å². The second kappa shape index (κ2) is 13.9. The Kier molecular flexibility index (Phi) is 9.89. The lowest BCUT2D eigenvalue weighted by Crippen LogP contribution is -2.29. The number of hydrogen-bond acceptors (Lipinski definition) is 7. The van der Waals surface area contributed by atoms with Gasteiger partial charge in [-0.25, -0.2) is 22.2 Å². The fourth-order valence-corrected chi connectivity index (χ4v) is 8.67. The molecule has 0 amide bonds. The lowest BCUT2D eigenvalue weighted by molar-refractivity contribution is -0.142. The van der Waals surface area contributed by atoms with E-state index in [9.17, 15) is 35.2 Å². The van der Waals surface area contributed by atoms with Gasteiger partial charge in [0.2, 0.25) is 0 Å². The van der Waals surface area contributed by atoms with Crippen molar-refractivity contribution in [1.29, 1.82) is 0 Å². The van der Waals surface area contributed by atoms with Gasteiger partial charge in [-0.2, -0.15) is 32.1 Å². The average Bonchev–Trinajstić information content (AvgIpc) is 3.61. The zero-order chi connectivity index (χ0) is 41.6. The lowest BCUT2D eigenvalue weighted by Gasteiger charge is -2.22. The molecule has 1 fully saturated rings. The molecule has 0 aliphatic heterocycles. The number of carbonyl (C=O) groups excluding carboxylic acids is 1. The van der Waals surface area contributed by atoms with Gasteiger partial charge in [0.05, 0.1) is 33.2 Å². The van der Waals surface area contributed by atoms with E-state index in [4.69, 9.17) is 22.3 Å². The Balaban J connectivity index is 1.39. The Morgan fingerprint density at radius 1 is 1.07 bits per heavy atom. The zero-order valence-corrected chi connectivity index (χ0v) is 32.4. The number of carbonyl (C=O) groups is 1. The number of sulfone groups is 1. The molecule has 2 N–H and O–H groups in total. The highest BCUT2D eigenvalue weighted by Crippen LogP contribution is 2.68. The number of Topliss-reactive ketones (excluding diaryl/α,β-unsaturated/α-hetero) is 1. The lowest BCUT2D eigenvalue weighted by atomic mass is 9.86. The Morgan fingerprint density at radius 3 is 2.37 bits per heavy atom. The van der Waals surface area contributed by atoms with E-state index >= 15 is 8.78 Å². The number of ketones is 1. The van der Waals surface area contributed by atoms with E-state index in [0.29, 0.717) is 32.8 Å². The van der Waals surface area contributed by atoms with Crippen molar-refractivity contribution >= 4 is 38.1 Å². The van der Waals surface area contributed by atoms with Gasteiger partial charge < -0.3 is 5.73 Å². The molecule has 0 radical (unpaired) electrons. The molecule has 18 heteroatoms. The number of halogens is 8. The van der Waals surface area contributed by atoms with Crippen molar-refractivity contribution in [3.05, 3.63) is 98.7 Å². The second-order valence-corrected chi connectivity index (χ2v) is 17.9. The number of hydrogen-bond donors (Lipinski definition) is 1. The van der Waals surface area contributed by atoms with Crippen molar-refractivity contribution in [2.24, 2.45) is 18.7 Å². The molecule has 5 aromatic rings. The number of alkyl halides is 5. The van der Waals surface area contributed by atoms with Crippen LogP contribution in [0.15, 0.2) is 42.5 Å². The predicted octanol–water partition coefficient (Wildman–Crippen LogP) is 7.61. The molecule has 300 valence electrons. The van der Waals surface area contributed by atoms with Crippen LogP contribution in [-0.2, 0) is 52.5 Å². The van der Waals surface area contributed by atoms with E-state index in [1.807, 2.05) is 0 Å². The first-order valence-electron chi connectivity index (χ1n) is 17.6. The Bertz CT molecular complexity index is 2640. The van der Waals surface area contributed by atoms with Crippen LogP contribution >= 0.6 is 11.6 Å². The summed E-state index contributed by atoms with van der Waals surface area (Å²) in [5, 5.41) is 8.42. The zero-order valence-electron chi connectivity index (χ0n) is 30.8. The van der Waals surface area contributed by atoms with Crippen molar-refractivity contribution in [3.8, 4) is 23.0 Å². The number of rotatable bonds is 10. The summed E-state index contributed by atoms with van der Waals surface area (Å²) in [6.45, 7) is 2.35. The molecule has 7 rings (SSSR count). The van der Waals surface area contributed by atoms with Crippen LogP contribution in [0, 0.1) is 29.4 Å². The van der Waals surface area contributed by atoms with E-state index in [0.717, 1.165) is 18.4 Å². The van der Waals surface area contributed by atoms with Gasteiger partial charge in [-0.3, -0.25) is 14.2 Å². The van der Waals surface area contributed by atoms with E-state index in [2.05, 4.69) is 22.0 Å². The molecule has 2 aliphatic rings. The molecule has 1 saturated carbocycles. The molecular weight excluding hydrogens is 801 g/mol. The van der Waals surface area contributed by atoms with Crippen LogP contribution in [0.3, 0.4) is 0 Å². The molecule has 0 spiro atoms. The molecule has 57 heavy (non-hydrogen) atoms. The summed E-state index contributed by atoms with van der Waals surface area (Å²) < 4.78 is 129. The van der Waals surface area contributed by atoms with Crippen molar-refractivity contribution in [2.75, 3.05) is 6.26 Å². The minimum atomic E-state index is -5.05. The van der Waals surface area contributed by atoms with E-state index in [-0.39, 0.29) is 40.5 Å². The Morgan fingerprint density at radius 2 is 1.74 bits per heavy atom. The second-order valence-electron chi connectivity index (χ2n) is 15.3. The highest BCUT2D eigenvalue weighted by molar-refractivity contribution is 7.89. The van der Waals surface area contributed by atoms with Crippen LogP contribution in [0.25, 0.3) is 22.0 Å². The van der Waals surface area contributed by atoms with Crippen LogP contribution in [0.1, 0.15) is 78.1 Å². The third-order valence-corrected chi connectivity index (χ3v) is 11.0. The number of benzene rings is 2. The van der Waals surface area contributed by atoms with E-state index in [1.54, 1.807) is 39.1 Å². The summed E-state index contributed by atoms with van der Waals surface area (Å²) in [5.74, 6) is -4.46. The van der Waals surface area contributed by atoms with Gasteiger partial charge in [-0.1, -0.05) is 23.6 Å². The molecule has 0 saturated heterocycles. The van der Waals surface area contributed by atoms with Crippen LogP contribution in [0.2, 0.25) is 5.02 Å². The third kappa shape index (κ3) is 8.04. The van der Waals surface area contributed by atoms with Gasteiger partial charge in [-0.15, -0.1) is 0 Å². The van der Waals surface area contributed by atoms with Gasteiger partial charge in [0.15, 0.2) is 21.3 Å². The fourth-order valence-electron chi connectivity index (χ4n) is 7.71. The molecule has 0 unspecified atom stereocenters. The maximum Gasteiger partial charge on any atom is 0.435 e. The maximum absolute atomic E-state index is 15.4. The topological polar surface area (TPSA) is 126 Å². The fraction of sp³-hybridized carbons (Fsp3) is 0.385. The summed E-state index contributed by atoms with van der Waals surface area (Å²) in [6, 6.07) is 9.06. The van der Waals surface area contributed by atoms with Crippen LogP contribution < -0.4 is 5.73 Å². The smallest absolute Gasteiger partial charge is 0.316 e. The molecule has 0 bridgehead atoms. The highest BCUT2D eigenvalue weighted by atomic mass is 35.5. The standard InChI is InChI=1S/C39H34ClF7N6O3S/c1-37(2,48)10-9-23-5-6-25(26-7-8-29(40)32-30(18-57(4,55)56)50-52(3)34(26)32)33(49-23)20(11-19-12-21(41)15-22(42)13-19)14-24(54)17-53-36-31(35(51-53)39(45,46)47)27-16-28(27)38(36,43)44/h5-8,12-13,15,20,27-28H,11,14,16-18,48H2,1-4H3/t20-,27+,28-/m1/s1. The average molecular weight is 835 g/mol. The highest BCUT2D eigenvalue weighted by Gasteiger charge is 2.68. The van der Waals surface area contributed by atoms with Gasteiger partial charge in [-0.05, 0) is 74.4 Å².